The maximum Gasteiger partial charge on any atom is 0.340 e. The maximum atomic E-state index is 12.9. The number of benzene rings is 2. The number of nitrogens with one attached hydrogen (secondary N) is 1. The highest BCUT2D eigenvalue weighted by atomic mass is 35.5. The van der Waals surface area contributed by atoms with Gasteiger partial charge in [0.1, 0.15) is 5.82 Å². The van der Waals surface area contributed by atoms with Crippen molar-refractivity contribution in [1.82, 2.24) is 5.32 Å². The number of hydrogen-bond donors (Lipinski definition) is 1. The molecule has 2 aromatic rings. The van der Waals surface area contributed by atoms with Crippen LogP contribution in [-0.2, 0) is 16.0 Å². The van der Waals surface area contributed by atoms with E-state index in [4.69, 9.17) is 16.3 Å². The molecule has 0 bridgehead atoms. The minimum absolute atomic E-state index is 0.226. The summed E-state index contributed by atoms with van der Waals surface area (Å²) in [5.41, 5.74) is 1.13. The highest BCUT2D eigenvalue weighted by molar-refractivity contribution is 7.98. The van der Waals surface area contributed by atoms with Gasteiger partial charge in [-0.1, -0.05) is 23.7 Å². The standard InChI is InChI=1S/C19H19ClFNO3S/c1-12(18(23)22-10-9-13-3-5-14(21)6-4-13)25-19(24)16-11-15(26-2)7-8-17(16)20/h3-8,11-12H,9-10H2,1-2H3,(H,22,23)/t12-/m0/s1. The summed E-state index contributed by atoms with van der Waals surface area (Å²) in [5, 5.41) is 2.97. The van der Waals surface area contributed by atoms with E-state index in [1.54, 1.807) is 30.3 Å². The van der Waals surface area contributed by atoms with E-state index < -0.39 is 18.0 Å². The number of ether oxygens (including phenoxy) is 1. The van der Waals surface area contributed by atoms with E-state index in [1.807, 2.05) is 6.26 Å². The first kappa shape index (κ1) is 20.3. The van der Waals surface area contributed by atoms with Crippen molar-refractivity contribution in [3.05, 3.63) is 64.4 Å². The molecule has 4 nitrogen and oxygen atoms in total. The molecule has 1 N–H and O–H groups in total. The Morgan fingerprint density at radius 3 is 2.58 bits per heavy atom. The van der Waals surface area contributed by atoms with Crippen LogP contribution in [0, 0.1) is 5.82 Å². The van der Waals surface area contributed by atoms with Gasteiger partial charge in [-0.15, -0.1) is 11.8 Å². The van der Waals surface area contributed by atoms with Crippen molar-refractivity contribution in [2.75, 3.05) is 12.8 Å². The van der Waals surface area contributed by atoms with Gasteiger partial charge in [0.25, 0.3) is 5.91 Å². The SMILES string of the molecule is CSc1ccc(Cl)c(C(=O)O[C@@H](C)C(=O)NCCc2ccc(F)cc2)c1. The Kier molecular flexibility index (Phi) is 7.48. The van der Waals surface area contributed by atoms with E-state index in [-0.39, 0.29) is 16.4 Å². The maximum absolute atomic E-state index is 12.9. The van der Waals surface area contributed by atoms with Gasteiger partial charge in [0.15, 0.2) is 6.10 Å². The van der Waals surface area contributed by atoms with Crippen molar-refractivity contribution in [1.29, 1.82) is 0 Å². The summed E-state index contributed by atoms with van der Waals surface area (Å²) in [5.74, 6) is -1.35. The zero-order chi connectivity index (χ0) is 19.1. The molecule has 0 saturated carbocycles. The minimum atomic E-state index is -0.954. The molecule has 0 saturated heterocycles. The summed E-state index contributed by atoms with van der Waals surface area (Å²) in [6, 6.07) is 11.1. The molecule has 0 fully saturated rings. The van der Waals surface area contributed by atoms with E-state index in [2.05, 4.69) is 5.32 Å². The van der Waals surface area contributed by atoms with Crippen LogP contribution in [0.5, 0.6) is 0 Å². The summed E-state index contributed by atoms with van der Waals surface area (Å²) in [6.07, 6.45) is 1.48. The van der Waals surface area contributed by atoms with Gasteiger partial charge in [-0.2, -0.15) is 0 Å². The van der Waals surface area contributed by atoms with Crippen LogP contribution in [0.2, 0.25) is 5.02 Å². The van der Waals surface area contributed by atoms with Crippen molar-refractivity contribution in [2.24, 2.45) is 0 Å². The van der Waals surface area contributed by atoms with Crippen molar-refractivity contribution < 1.29 is 18.7 Å². The Morgan fingerprint density at radius 2 is 1.92 bits per heavy atom. The third-order valence-electron chi connectivity index (χ3n) is 3.67. The molecule has 0 radical (unpaired) electrons. The monoisotopic (exact) mass is 395 g/mol. The first-order valence-electron chi connectivity index (χ1n) is 7.97. The molecule has 1 atom stereocenters. The zero-order valence-electron chi connectivity index (χ0n) is 14.4. The smallest absolute Gasteiger partial charge is 0.340 e. The van der Waals surface area contributed by atoms with Crippen molar-refractivity contribution in [3.63, 3.8) is 0 Å². The van der Waals surface area contributed by atoms with E-state index >= 15 is 0 Å². The van der Waals surface area contributed by atoms with Crippen LogP contribution in [0.1, 0.15) is 22.8 Å². The second-order valence-corrected chi connectivity index (χ2v) is 6.85. The zero-order valence-corrected chi connectivity index (χ0v) is 16.0. The Bertz CT molecular complexity index is 783. The first-order valence-corrected chi connectivity index (χ1v) is 9.57. The molecule has 2 rings (SSSR count). The van der Waals surface area contributed by atoms with E-state index in [0.29, 0.717) is 13.0 Å². The van der Waals surface area contributed by atoms with Gasteiger partial charge in [0, 0.05) is 11.4 Å². The van der Waals surface area contributed by atoms with Gasteiger partial charge in [0.05, 0.1) is 10.6 Å². The van der Waals surface area contributed by atoms with Crippen molar-refractivity contribution in [3.8, 4) is 0 Å². The molecule has 0 heterocycles. The number of hydrogen-bond acceptors (Lipinski definition) is 4. The molecular formula is C19H19ClFNO3S. The fourth-order valence-electron chi connectivity index (χ4n) is 2.19. The molecule has 0 spiro atoms. The number of thioether (sulfide) groups is 1. The fourth-order valence-corrected chi connectivity index (χ4v) is 2.82. The quantitative estimate of drug-likeness (QED) is 0.566. The Labute approximate surface area is 161 Å². The number of esters is 1. The fraction of sp³-hybridized carbons (Fsp3) is 0.263. The Morgan fingerprint density at radius 1 is 1.23 bits per heavy atom. The van der Waals surface area contributed by atoms with E-state index in [1.165, 1.54) is 30.8 Å². The summed E-state index contributed by atoms with van der Waals surface area (Å²) in [4.78, 5) is 25.2. The van der Waals surface area contributed by atoms with Gasteiger partial charge in [-0.05, 0) is 55.5 Å². The van der Waals surface area contributed by atoms with Crippen LogP contribution in [0.4, 0.5) is 4.39 Å². The topological polar surface area (TPSA) is 55.4 Å². The Balaban J connectivity index is 1.86. The summed E-state index contributed by atoms with van der Waals surface area (Å²) in [7, 11) is 0. The second kappa shape index (κ2) is 9.59. The predicted molar refractivity (Wildman–Crippen MR) is 101 cm³/mol. The van der Waals surface area contributed by atoms with Gasteiger partial charge in [0.2, 0.25) is 0 Å². The predicted octanol–water partition coefficient (Wildman–Crippen LogP) is 4.11. The lowest BCUT2D eigenvalue weighted by Crippen LogP contribution is -2.37. The van der Waals surface area contributed by atoms with E-state index in [0.717, 1.165) is 10.5 Å². The number of carbonyl (C=O) groups is 2. The van der Waals surface area contributed by atoms with Crippen LogP contribution < -0.4 is 5.32 Å². The molecule has 2 aromatic carbocycles. The summed E-state index contributed by atoms with van der Waals surface area (Å²) in [6.45, 7) is 1.85. The lowest BCUT2D eigenvalue weighted by Gasteiger charge is -2.14. The van der Waals surface area contributed by atoms with Crippen LogP contribution >= 0.6 is 23.4 Å². The molecule has 1 amide bonds. The lowest BCUT2D eigenvalue weighted by molar-refractivity contribution is -0.129. The second-order valence-electron chi connectivity index (χ2n) is 5.56. The number of carbonyl (C=O) groups excluding carboxylic acids is 2. The highest BCUT2D eigenvalue weighted by Gasteiger charge is 2.20. The molecular weight excluding hydrogens is 377 g/mol. The van der Waals surface area contributed by atoms with Gasteiger partial charge in [-0.25, -0.2) is 9.18 Å². The molecule has 0 aliphatic rings. The number of amides is 1. The molecule has 26 heavy (non-hydrogen) atoms. The minimum Gasteiger partial charge on any atom is -0.449 e. The third kappa shape index (κ3) is 5.75. The molecule has 0 aromatic heterocycles. The van der Waals surface area contributed by atoms with Crippen LogP contribution in [0.15, 0.2) is 47.4 Å². The van der Waals surface area contributed by atoms with Crippen molar-refractivity contribution in [2.45, 2.75) is 24.3 Å². The van der Waals surface area contributed by atoms with Gasteiger partial charge < -0.3 is 10.1 Å². The summed E-state index contributed by atoms with van der Waals surface area (Å²) >= 11 is 7.51. The van der Waals surface area contributed by atoms with Gasteiger partial charge >= 0.3 is 5.97 Å². The average Bonchev–Trinajstić information content (AvgIpc) is 2.63. The molecule has 0 aliphatic carbocycles. The first-order chi connectivity index (χ1) is 12.4. The average molecular weight is 396 g/mol. The molecule has 0 aliphatic heterocycles. The molecule has 138 valence electrons. The number of halogens is 2. The van der Waals surface area contributed by atoms with Gasteiger partial charge in [-0.3, -0.25) is 4.79 Å². The lowest BCUT2D eigenvalue weighted by atomic mass is 10.1. The number of rotatable bonds is 7. The molecule has 7 heteroatoms. The highest BCUT2D eigenvalue weighted by Crippen LogP contribution is 2.24. The normalized spacial score (nSPS) is 11.7. The Hall–Kier alpha value is -2.05. The van der Waals surface area contributed by atoms with Crippen LogP contribution in [-0.4, -0.2) is 30.8 Å². The third-order valence-corrected chi connectivity index (χ3v) is 4.73. The largest absolute Gasteiger partial charge is 0.449 e. The van der Waals surface area contributed by atoms with Crippen molar-refractivity contribution >= 4 is 35.2 Å². The van der Waals surface area contributed by atoms with Crippen LogP contribution in [0.3, 0.4) is 0 Å². The van der Waals surface area contributed by atoms with E-state index in [9.17, 15) is 14.0 Å². The molecule has 0 unspecified atom stereocenters. The van der Waals surface area contributed by atoms with Crippen LogP contribution in [0.25, 0.3) is 0 Å². The summed E-state index contributed by atoms with van der Waals surface area (Å²) < 4.78 is 18.1.